The number of aromatic nitrogens is 3. The van der Waals surface area contributed by atoms with Crippen LogP contribution in [0.5, 0.6) is 0 Å². The number of rotatable bonds is 6. The van der Waals surface area contributed by atoms with Crippen molar-refractivity contribution in [3.8, 4) is 0 Å². The Labute approximate surface area is 164 Å². The number of hydrogen-bond acceptors (Lipinski definition) is 5. The molecule has 2 aromatic heterocycles. The van der Waals surface area contributed by atoms with Gasteiger partial charge in [-0.1, -0.05) is 32.0 Å². The zero-order valence-corrected chi connectivity index (χ0v) is 16.3. The second-order valence-electron chi connectivity index (χ2n) is 7.63. The quantitative estimate of drug-likeness (QED) is 0.691. The van der Waals surface area contributed by atoms with Crippen LogP contribution in [0.3, 0.4) is 0 Å². The molecule has 0 bridgehead atoms. The van der Waals surface area contributed by atoms with Gasteiger partial charge in [-0.15, -0.1) is 0 Å². The van der Waals surface area contributed by atoms with Crippen molar-refractivity contribution in [1.82, 2.24) is 20.3 Å². The van der Waals surface area contributed by atoms with E-state index >= 15 is 0 Å². The summed E-state index contributed by atoms with van der Waals surface area (Å²) in [5.74, 6) is 0.740. The van der Waals surface area contributed by atoms with Gasteiger partial charge in [-0.05, 0) is 48.4 Å². The number of aryl methyl sites for hydroxylation is 2. The van der Waals surface area contributed by atoms with E-state index in [-0.39, 0.29) is 17.9 Å². The van der Waals surface area contributed by atoms with Gasteiger partial charge in [-0.2, -0.15) is 0 Å². The van der Waals surface area contributed by atoms with Gasteiger partial charge in [0.15, 0.2) is 0 Å². The molecule has 1 aliphatic rings. The van der Waals surface area contributed by atoms with Crippen molar-refractivity contribution >= 4 is 22.6 Å². The summed E-state index contributed by atoms with van der Waals surface area (Å²) in [4.78, 5) is 26.1. The Morgan fingerprint density at radius 3 is 2.86 bits per heavy atom. The van der Waals surface area contributed by atoms with Crippen molar-refractivity contribution in [2.45, 2.75) is 45.7 Å². The fourth-order valence-electron chi connectivity index (χ4n) is 3.67. The number of carbonyl (C=O) groups is 1. The third-order valence-electron chi connectivity index (χ3n) is 5.23. The standard InChI is InChI=1S/C22H25N5O/c1-14(2)20(27-21-17-7-3-4-8-19(17)25-13-26-21)22(28)24-12-15-10-16-6-5-9-18(16)23-11-15/h3-4,7-8,10-11,13-14,20H,5-6,9,12H2,1-2H3,(H,24,28)(H,25,26,27)/t20-/m1/s1. The van der Waals surface area contributed by atoms with E-state index in [9.17, 15) is 4.79 Å². The molecule has 6 nitrogen and oxygen atoms in total. The van der Waals surface area contributed by atoms with Gasteiger partial charge in [-0.25, -0.2) is 9.97 Å². The number of amides is 1. The fourth-order valence-corrected chi connectivity index (χ4v) is 3.67. The molecular formula is C22H25N5O. The molecule has 0 fully saturated rings. The first-order valence-electron chi connectivity index (χ1n) is 9.82. The van der Waals surface area contributed by atoms with Gasteiger partial charge in [0.05, 0.1) is 5.52 Å². The number of carbonyl (C=O) groups excluding carboxylic acids is 1. The fraction of sp³-hybridized carbons (Fsp3) is 0.364. The van der Waals surface area contributed by atoms with Gasteiger partial charge >= 0.3 is 0 Å². The number of hydrogen-bond donors (Lipinski definition) is 2. The highest BCUT2D eigenvalue weighted by molar-refractivity contribution is 5.92. The van der Waals surface area contributed by atoms with E-state index in [2.05, 4.69) is 31.7 Å². The summed E-state index contributed by atoms with van der Waals surface area (Å²) in [7, 11) is 0. The van der Waals surface area contributed by atoms with Gasteiger partial charge in [0.25, 0.3) is 0 Å². The van der Waals surface area contributed by atoms with Gasteiger partial charge in [-0.3, -0.25) is 9.78 Å². The van der Waals surface area contributed by atoms with Gasteiger partial charge < -0.3 is 10.6 Å². The summed E-state index contributed by atoms with van der Waals surface area (Å²) in [5, 5.41) is 7.28. The topological polar surface area (TPSA) is 79.8 Å². The first-order chi connectivity index (χ1) is 13.6. The van der Waals surface area contributed by atoms with Crippen LogP contribution in [0.2, 0.25) is 0 Å². The van der Waals surface area contributed by atoms with E-state index in [0.717, 1.165) is 29.3 Å². The number of nitrogens with zero attached hydrogens (tertiary/aromatic N) is 3. The summed E-state index contributed by atoms with van der Waals surface area (Å²) in [6.45, 7) is 4.53. The Bertz CT molecular complexity index is 996. The SMILES string of the molecule is CC(C)[C@@H](Nc1ncnc2ccccc12)C(=O)NCc1cnc2c(c1)CCC2. The molecule has 0 saturated heterocycles. The molecule has 0 radical (unpaired) electrons. The van der Waals surface area contributed by atoms with E-state index in [0.29, 0.717) is 12.4 Å². The highest BCUT2D eigenvalue weighted by atomic mass is 16.2. The van der Waals surface area contributed by atoms with Gasteiger partial charge in [0.2, 0.25) is 5.91 Å². The van der Waals surface area contributed by atoms with E-state index in [1.54, 1.807) is 0 Å². The van der Waals surface area contributed by atoms with Crippen LogP contribution in [0.25, 0.3) is 10.9 Å². The molecule has 0 saturated carbocycles. The van der Waals surface area contributed by atoms with E-state index < -0.39 is 0 Å². The molecular weight excluding hydrogens is 350 g/mol. The molecule has 0 spiro atoms. The maximum Gasteiger partial charge on any atom is 0.243 e. The number of benzene rings is 1. The van der Waals surface area contributed by atoms with Crippen LogP contribution in [0, 0.1) is 5.92 Å². The van der Waals surface area contributed by atoms with Crippen molar-refractivity contribution in [3.63, 3.8) is 0 Å². The maximum absolute atomic E-state index is 12.9. The Balaban J connectivity index is 1.47. The van der Waals surface area contributed by atoms with Crippen LogP contribution >= 0.6 is 0 Å². The minimum Gasteiger partial charge on any atom is -0.358 e. The zero-order chi connectivity index (χ0) is 19.5. The molecule has 3 aromatic rings. The average molecular weight is 375 g/mol. The third-order valence-corrected chi connectivity index (χ3v) is 5.23. The number of anilines is 1. The van der Waals surface area contributed by atoms with Crippen LogP contribution in [0.1, 0.15) is 37.1 Å². The second-order valence-corrected chi connectivity index (χ2v) is 7.63. The second kappa shape index (κ2) is 7.92. The number of pyridine rings is 1. The Hall–Kier alpha value is -3.02. The monoisotopic (exact) mass is 375 g/mol. The van der Waals surface area contributed by atoms with Crippen molar-refractivity contribution in [3.05, 3.63) is 59.7 Å². The lowest BCUT2D eigenvalue weighted by atomic mass is 10.0. The minimum absolute atomic E-state index is 0.0433. The van der Waals surface area contributed by atoms with Gasteiger partial charge in [0.1, 0.15) is 18.2 Å². The molecule has 1 amide bonds. The molecule has 6 heteroatoms. The highest BCUT2D eigenvalue weighted by Gasteiger charge is 2.23. The Kier molecular flexibility index (Phi) is 5.19. The van der Waals surface area contributed by atoms with Crippen LogP contribution in [0.4, 0.5) is 5.82 Å². The summed E-state index contributed by atoms with van der Waals surface area (Å²) in [5.41, 5.74) is 4.42. The minimum atomic E-state index is -0.388. The van der Waals surface area contributed by atoms with Crippen LogP contribution in [-0.4, -0.2) is 26.9 Å². The van der Waals surface area contributed by atoms with Crippen LogP contribution in [0.15, 0.2) is 42.9 Å². The van der Waals surface area contributed by atoms with E-state index in [1.165, 1.54) is 24.0 Å². The molecule has 2 heterocycles. The first-order valence-corrected chi connectivity index (χ1v) is 9.82. The molecule has 28 heavy (non-hydrogen) atoms. The van der Waals surface area contributed by atoms with Crippen LogP contribution < -0.4 is 10.6 Å². The van der Waals surface area contributed by atoms with Crippen molar-refractivity contribution in [1.29, 1.82) is 0 Å². The molecule has 2 N–H and O–H groups in total. The Morgan fingerprint density at radius 2 is 2.00 bits per heavy atom. The van der Waals surface area contributed by atoms with Crippen molar-refractivity contribution < 1.29 is 4.79 Å². The van der Waals surface area contributed by atoms with Crippen molar-refractivity contribution in [2.24, 2.45) is 5.92 Å². The molecule has 1 aromatic carbocycles. The first kappa shape index (κ1) is 18.3. The molecule has 1 atom stereocenters. The predicted octanol–water partition coefficient (Wildman–Crippen LogP) is 3.27. The number of nitrogens with one attached hydrogen (secondary N) is 2. The van der Waals surface area contributed by atoms with E-state index in [1.807, 2.05) is 44.3 Å². The summed E-state index contributed by atoms with van der Waals surface area (Å²) < 4.78 is 0. The maximum atomic E-state index is 12.9. The average Bonchev–Trinajstić information content (AvgIpc) is 3.18. The van der Waals surface area contributed by atoms with Gasteiger partial charge in [0, 0.05) is 23.8 Å². The number of para-hydroxylation sites is 1. The molecule has 0 unspecified atom stereocenters. The summed E-state index contributed by atoms with van der Waals surface area (Å²) in [6, 6.07) is 9.57. The highest BCUT2D eigenvalue weighted by Crippen LogP contribution is 2.22. The normalized spacial score (nSPS) is 14.1. The van der Waals surface area contributed by atoms with E-state index in [4.69, 9.17) is 0 Å². The lowest BCUT2D eigenvalue weighted by Crippen LogP contribution is -2.43. The molecule has 1 aliphatic carbocycles. The summed E-state index contributed by atoms with van der Waals surface area (Å²) >= 11 is 0. The molecule has 0 aliphatic heterocycles. The van der Waals surface area contributed by atoms with Crippen LogP contribution in [-0.2, 0) is 24.2 Å². The summed E-state index contributed by atoms with van der Waals surface area (Å²) in [6.07, 6.45) is 6.72. The lowest BCUT2D eigenvalue weighted by molar-refractivity contribution is -0.122. The molecule has 144 valence electrons. The number of fused-ring (bicyclic) bond motifs is 2. The Morgan fingerprint density at radius 1 is 1.14 bits per heavy atom. The third kappa shape index (κ3) is 3.81. The van der Waals surface area contributed by atoms with Crippen molar-refractivity contribution in [2.75, 3.05) is 5.32 Å². The zero-order valence-electron chi connectivity index (χ0n) is 16.3. The smallest absolute Gasteiger partial charge is 0.243 e. The molecule has 4 rings (SSSR count). The largest absolute Gasteiger partial charge is 0.358 e. The predicted molar refractivity (Wildman–Crippen MR) is 110 cm³/mol. The lowest BCUT2D eigenvalue weighted by Gasteiger charge is -2.23.